The van der Waals surface area contributed by atoms with Gasteiger partial charge in [-0.1, -0.05) is 24.3 Å². The van der Waals surface area contributed by atoms with Gasteiger partial charge in [-0.25, -0.2) is 9.78 Å². The van der Waals surface area contributed by atoms with Gasteiger partial charge in [-0.05, 0) is 41.8 Å². The molecule has 0 aliphatic rings. The van der Waals surface area contributed by atoms with Gasteiger partial charge < -0.3 is 4.42 Å². The number of hydrogen-bond acceptors (Lipinski definition) is 4. The minimum Gasteiger partial charge on any atom is -0.467 e. The summed E-state index contributed by atoms with van der Waals surface area (Å²) in [7, 11) is 0. The van der Waals surface area contributed by atoms with Crippen molar-refractivity contribution < 1.29 is 4.42 Å². The van der Waals surface area contributed by atoms with Crippen LogP contribution in [0.4, 0.5) is 0 Å². The predicted molar refractivity (Wildman–Crippen MR) is 94.6 cm³/mol. The van der Waals surface area contributed by atoms with Gasteiger partial charge >= 0.3 is 5.69 Å². The minimum absolute atomic E-state index is 0.198. The van der Waals surface area contributed by atoms with Crippen molar-refractivity contribution in [3.63, 3.8) is 0 Å². The predicted octanol–water partition coefficient (Wildman–Crippen LogP) is 2.70. The molecule has 0 aliphatic carbocycles. The lowest BCUT2D eigenvalue weighted by Gasteiger charge is -2.11. The fourth-order valence-electron chi connectivity index (χ4n) is 3.01. The molecule has 0 bridgehead atoms. The molecule has 0 amide bonds. The lowest BCUT2D eigenvalue weighted by molar-refractivity contribution is 0.490. The van der Waals surface area contributed by atoms with E-state index in [9.17, 15) is 9.59 Å². The van der Waals surface area contributed by atoms with Gasteiger partial charge in [0.1, 0.15) is 5.76 Å². The Hall–Kier alpha value is -3.41. The van der Waals surface area contributed by atoms with Crippen molar-refractivity contribution in [2.45, 2.75) is 13.5 Å². The van der Waals surface area contributed by atoms with E-state index in [1.54, 1.807) is 30.7 Å². The van der Waals surface area contributed by atoms with Crippen molar-refractivity contribution in [2.24, 2.45) is 0 Å². The summed E-state index contributed by atoms with van der Waals surface area (Å²) >= 11 is 0. The summed E-state index contributed by atoms with van der Waals surface area (Å²) in [5.41, 5.74) is 2.11. The molecule has 25 heavy (non-hydrogen) atoms. The van der Waals surface area contributed by atoms with Crippen molar-refractivity contribution >= 4 is 11.0 Å². The summed E-state index contributed by atoms with van der Waals surface area (Å²) in [6.07, 6.45) is 3.15. The number of pyridine rings is 1. The van der Waals surface area contributed by atoms with Crippen LogP contribution in [0.25, 0.3) is 22.2 Å². The summed E-state index contributed by atoms with van der Waals surface area (Å²) < 4.78 is 6.74. The van der Waals surface area contributed by atoms with Crippen LogP contribution in [0.15, 0.2) is 68.9 Å². The number of fused-ring (bicyclic) bond motifs is 1. The Bertz CT molecular complexity index is 1170. The van der Waals surface area contributed by atoms with E-state index in [0.717, 1.165) is 16.7 Å². The second-order valence-corrected chi connectivity index (χ2v) is 5.80. The Kier molecular flexibility index (Phi) is 3.57. The number of H-pyrrole nitrogens is 1. The molecule has 0 fully saturated rings. The smallest absolute Gasteiger partial charge is 0.330 e. The molecule has 4 aromatic rings. The van der Waals surface area contributed by atoms with E-state index >= 15 is 0 Å². The van der Waals surface area contributed by atoms with Crippen LogP contribution in [0.3, 0.4) is 0 Å². The van der Waals surface area contributed by atoms with Crippen molar-refractivity contribution in [1.82, 2.24) is 14.5 Å². The normalized spacial score (nSPS) is 11.1. The lowest BCUT2D eigenvalue weighted by Crippen LogP contribution is -2.31. The molecule has 0 radical (unpaired) electrons. The first-order valence-electron chi connectivity index (χ1n) is 7.85. The average molecular weight is 333 g/mol. The summed E-state index contributed by atoms with van der Waals surface area (Å²) in [6, 6.07) is 13.1. The Morgan fingerprint density at radius 3 is 2.68 bits per heavy atom. The average Bonchev–Trinajstić information content (AvgIpc) is 3.11. The number of nitrogens with one attached hydrogen (secondary N) is 1. The molecule has 4 rings (SSSR count). The van der Waals surface area contributed by atoms with Gasteiger partial charge in [-0.15, -0.1) is 0 Å². The van der Waals surface area contributed by atoms with E-state index in [4.69, 9.17) is 4.42 Å². The van der Waals surface area contributed by atoms with E-state index in [1.807, 2.05) is 31.2 Å². The van der Waals surface area contributed by atoms with Crippen LogP contribution in [-0.2, 0) is 6.54 Å². The highest BCUT2D eigenvalue weighted by Crippen LogP contribution is 2.27. The second kappa shape index (κ2) is 5.90. The third-order valence-electron chi connectivity index (χ3n) is 4.21. The maximum atomic E-state index is 12.5. The summed E-state index contributed by atoms with van der Waals surface area (Å²) in [6.45, 7) is 2.18. The molecule has 6 heteroatoms. The molecule has 0 spiro atoms. The van der Waals surface area contributed by atoms with Gasteiger partial charge in [0.05, 0.1) is 18.2 Å². The molecule has 1 aromatic carbocycles. The standard InChI is InChI=1S/C19H15N3O3/c1-12-5-2-3-7-14(12)15-8-9-20-17-16(15)18(23)21-19(24)22(17)11-13-6-4-10-25-13/h2-10H,11H2,1H3,(H,21,23,24). The quantitative estimate of drug-likeness (QED) is 0.625. The maximum Gasteiger partial charge on any atom is 0.330 e. The zero-order chi connectivity index (χ0) is 17.4. The Morgan fingerprint density at radius 1 is 1.08 bits per heavy atom. The summed E-state index contributed by atoms with van der Waals surface area (Å²) in [5, 5.41) is 0.392. The third kappa shape index (κ3) is 2.57. The Labute approximate surface area is 142 Å². The van der Waals surface area contributed by atoms with Gasteiger partial charge in [0.2, 0.25) is 0 Å². The van der Waals surface area contributed by atoms with E-state index < -0.39 is 11.2 Å². The molecule has 3 aromatic heterocycles. The largest absolute Gasteiger partial charge is 0.467 e. The van der Waals surface area contributed by atoms with Crippen LogP contribution in [0, 0.1) is 6.92 Å². The number of furan rings is 1. The Balaban J connectivity index is 2.04. The zero-order valence-corrected chi connectivity index (χ0v) is 13.5. The van der Waals surface area contributed by atoms with E-state index in [-0.39, 0.29) is 6.54 Å². The molecule has 0 unspecified atom stereocenters. The van der Waals surface area contributed by atoms with Crippen LogP contribution in [-0.4, -0.2) is 14.5 Å². The molecule has 0 saturated carbocycles. The van der Waals surface area contributed by atoms with Crippen LogP contribution in [0.5, 0.6) is 0 Å². The fourth-order valence-corrected chi connectivity index (χ4v) is 3.01. The summed E-state index contributed by atoms with van der Waals surface area (Å²) in [5.74, 6) is 0.610. The highest BCUT2D eigenvalue weighted by Gasteiger charge is 2.15. The highest BCUT2D eigenvalue weighted by atomic mass is 16.3. The number of benzene rings is 1. The van der Waals surface area contributed by atoms with Crippen molar-refractivity contribution in [1.29, 1.82) is 0 Å². The number of nitrogens with zero attached hydrogens (tertiary/aromatic N) is 2. The molecular weight excluding hydrogens is 318 g/mol. The van der Waals surface area contributed by atoms with Gasteiger partial charge in [0.25, 0.3) is 5.56 Å². The molecule has 0 aliphatic heterocycles. The number of hydrogen-bond donors (Lipinski definition) is 1. The second-order valence-electron chi connectivity index (χ2n) is 5.80. The van der Waals surface area contributed by atoms with Crippen molar-refractivity contribution in [3.8, 4) is 11.1 Å². The first-order valence-corrected chi connectivity index (χ1v) is 7.85. The van der Waals surface area contributed by atoms with Crippen LogP contribution in [0.2, 0.25) is 0 Å². The summed E-state index contributed by atoms with van der Waals surface area (Å²) in [4.78, 5) is 31.5. The van der Waals surface area contributed by atoms with Gasteiger partial charge in [0.15, 0.2) is 5.65 Å². The molecule has 0 atom stereocenters. The van der Waals surface area contributed by atoms with Gasteiger partial charge in [-0.3, -0.25) is 14.3 Å². The van der Waals surface area contributed by atoms with E-state index in [0.29, 0.717) is 16.8 Å². The molecule has 1 N–H and O–H groups in total. The van der Waals surface area contributed by atoms with Crippen molar-refractivity contribution in [2.75, 3.05) is 0 Å². The molecule has 3 heterocycles. The molecule has 0 saturated heterocycles. The molecular formula is C19H15N3O3. The molecule has 6 nitrogen and oxygen atoms in total. The first kappa shape index (κ1) is 15.1. The number of aromatic nitrogens is 3. The third-order valence-corrected chi connectivity index (χ3v) is 4.21. The lowest BCUT2D eigenvalue weighted by atomic mass is 9.99. The fraction of sp³-hybridized carbons (Fsp3) is 0.105. The minimum atomic E-state index is -0.511. The number of aromatic amines is 1. The van der Waals surface area contributed by atoms with Crippen molar-refractivity contribution in [3.05, 3.63) is 87.1 Å². The van der Waals surface area contributed by atoms with Gasteiger partial charge in [-0.2, -0.15) is 0 Å². The van der Waals surface area contributed by atoms with Gasteiger partial charge in [0, 0.05) is 6.20 Å². The van der Waals surface area contributed by atoms with E-state index in [1.165, 1.54) is 4.57 Å². The Morgan fingerprint density at radius 2 is 1.92 bits per heavy atom. The monoisotopic (exact) mass is 333 g/mol. The topological polar surface area (TPSA) is 80.9 Å². The SMILES string of the molecule is Cc1ccccc1-c1ccnc2c1c(=O)[nH]c(=O)n2Cc1ccco1. The maximum absolute atomic E-state index is 12.5. The number of rotatable bonds is 3. The van der Waals surface area contributed by atoms with Crippen LogP contribution in [0.1, 0.15) is 11.3 Å². The first-order chi connectivity index (χ1) is 12.1. The highest BCUT2D eigenvalue weighted by molar-refractivity contribution is 5.92. The van der Waals surface area contributed by atoms with Crippen LogP contribution < -0.4 is 11.2 Å². The van der Waals surface area contributed by atoms with Crippen LogP contribution >= 0.6 is 0 Å². The zero-order valence-electron chi connectivity index (χ0n) is 13.5. The molecule has 124 valence electrons. The number of aryl methyl sites for hydroxylation is 1. The van der Waals surface area contributed by atoms with E-state index in [2.05, 4.69) is 9.97 Å².